The second-order valence-electron chi connectivity index (χ2n) is 4.05. The molecule has 2 rings (SSSR count). The zero-order valence-corrected chi connectivity index (χ0v) is 9.90. The second kappa shape index (κ2) is 5.12. The Bertz CT molecular complexity index is 335. The van der Waals surface area contributed by atoms with Crippen molar-refractivity contribution in [3.63, 3.8) is 0 Å². The molecule has 1 fully saturated rings. The van der Waals surface area contributed by atoms with E-state index in [0.29, 0.717) is 6.04 Å². The molecular weight excluding hydrogens is 202 g/mol. The van der Waals surface area contributed by atoms with Crippen LogP contribution in [0.25, 0.3) is 0 Å². The van der Waals surface area contributed by atoms with Crippen LogP contribution < -0.4 is 15.5 Å². The van der Waals surface area contributed by atoms with Crippen LogP contribution >= 0.6 is 0 Å². The number of hydrogen-bond donors (Lipinski definition) is 2. The van der Waals surface area contributed by atoms with E-state index in [0.717, 1.165) is 31.3 Å². The molecule has 0 bridgehead atoms. The van der Waals surface area contributed by atoms with Gasteiger partial charge in [-0.3, -0.25) is 0 Å². The maximum absolute atomic E-state index is 4.31. The van der Waals surface area contributed by atoms with E-state index in [1.807, 2.05) is 6.07 Å². The Morgan fingerprint density at radius 3 is 3.12 bits per heavy atom. The van der Waals surface area contributed by atoms with Gasteiger partial charge in [0, 0.05) is 32.2 Å². The number of rotatable bonds is 4. The number of anilines is 2. The molecule has 1 aromatic heterocycles. The minimum Gasteiger partial charge on any atom is -0.370 e. The van der Waals surface area contributed by atoms with Crippen molar-refractivity contribution in [2.45, 2.75) is 19.4 Å². The van der Waals surface area contributed by atoms with Gasteiger partial charge >= 0.3 is 0 Å². The highest BCUT2D eigenvalue weighted by Crippen LogP contribution is 2.17. The van der Waals surface area contributed by atoms with E-state index in [2.05, 4.69) is 39.5 Å². The molecule has 0 aliphatic carbocycles. The Morgan fingerprint density at radius 2 is 2.44 bits per heavy atom. The largest absolute Gasteiger partial charge is 0.370 e. The fourth-order valence-corrected chi connectivity index (χ4v) is 1.97. The van der Waals surface area contributed by atoms with Crippen LogP contribution in [0.2, 0.25) is 0 Å². The van der Waals surface area contributed by atoms with E-state index in [-0.39, 0.29) is 0 Å². The van der Waals surface area contributed by atoms with Crippen LogP contribution in [0.5, 0.6) is 0 Å². The molecular formula is C11H19N5. The average molecular weight is 221 g/mol. The number of nitrogens with one attached hydrogen (secondary N) is 2. The minimum atomic E-state index is 0.546. The Balaban J connectivity index is 2.09. The summed E-state index contributed by atoms with van der Waals surface area (Å²) in [5.41, 5.74) is 0. The molecule has 1 atom stereocenters. The fourth-order valence-electron chi connectivity index (χ4n) is 1.97. The summed E-state index contributed by atoms with van der Waals surface area (Å²) in [4.78, 5) is 10.7. The first-order valence-corrected chi connectivity index (χ1v) is 5.80. The Morgan fingerprint density at radius 1 is 1.56 bits per heavy atom. The number of likely N-dealkylation sites (N-methyl/N-ethyl adjacent to an activating group) is 1. The zero-order valence-electron chi connectivity index (χ0n) is 9.90. The molecule has 2 N–H and O–H groups in total. The van der Waals surface area contributed by atoms with E-state index in [9.17, 15) is 0 Å². The highest BCUT2D eigenvalue weighted by molar-refractivity contribution is 5.48. The monoisotopic (exact) mass is 221 g/mol. The summed E-state index contributed by atoms with van der Waals surface area (Å²) in [6.45, 7) is 5.08. The molecule has 0 spiro atoms. The van der Waals surface area contributed by atoms with Crippen molar-refractivity contribution in [3.05, 3.63) is 12.4 Å². The molecule has 0 radical (unpaired) electrons. The third-order valence-electron chi connectivity index (χ3n) is 2.95. The van der Waals surface area contributed by atoms with Crippen molar-refractivity contribution in [1.82, 2.24) is 15.3 Å². The summed E-state index contributed by atoms with van der Waals surface area (Å²) in [6, 6.07) is 2.55. The first kappa shape index (κ1) is 11.1. The van der Waals surface area contributed by atoms with Crippen LogP contribution in [0, 0.1) is 0 Å². The van der Waals surface area contributed by atoms with Gasteiger partial charge in [-0.15, -0.1) is 0 Å². The third kappa shape index (κ3) is 2.41. The topological polar surface area (TPSA) is 53.1 Å². The summed E-state index contributed by atoms with van der Waals surface area (Å²) < 4.78 is 0. The van der Waals surface area contributed by atoms with Crippen molar-refractivity contribution in [2.75, 3.05) is 36.9 Å². The summed E-state index contributed by atoms with van der Waals surface area (Å²) in [6.07, 6.45) is 2.79. The molecule has 5 heteroatoms. The summed E-state index contributed by atoms with van der Waals surface area (Å²) >= 11 is 0. The maximum atomic E-state index is 4.31. The summed E-state index contributed by atoms with van der Waals surface area (Å²) in [5, 5.41) is 6.56. The number of nitrogens with zero attached hydrogens (tertiary/aromatic N) is 3. The van der Waals surface area contributed by atoms with Gasteiger partial charge in [0.15, 0.2) is 0 Å². The van der Waals surface area contributed by atoms with Crippen molar-refractivity contribution < 1.29 is 0 Å². The molecule has 5 nitrogen and oxygen atoms in total. The highest BCUT2D eigenvalue weighted by atomic mass is 15.2. The predicted molar refractivity (Wildman–Crippen MR) is 65.9 cm³/mol. The molecule has 1 aliphatic heterocycles. The van der Waals surface area contributed by atoms with Gasteiger partial charge in [0.2, 0.25) is 0 Å². The molecule has 16 heavy (non-hydrogen) atoms. The first-order chi connectivity index (χ1) is 7.81. The molecule has 0 aromatic carbocycles. The lowest BCUT2D eigenvalue weighted by Crippen LogP contribution is -2.33. The smallest absolute Gasteiger partial charge is 0.134 e. The lowest BCUT2D eigenvalue weighted by molar-refractivity contribution is 0.677. The molecule has 2 heterocycles. The summed E-state index contributed by atoms with van der Waals surface area (Å²) in [7, 11) is 2.09. The van der Waals surface area contributed by atoms with Crippen molar-refractivity contribution in [2.24, 2.45) is 0 Å². The fraction of sp³-hybridized carbons (Fsp3) is 0.636. The van der Waals surface area contributed by atoms with Gasteiger partial charge in [-0.2, -0.15) is 0 Å². The Labute approximate surface area is 96.3 Å². The zero-order chi connectivity index (χ0) is 11.4. The van der Waals surface area contributed by atoms with Crippen molar-refractivity contribution >= 4 is 11.6 Å². The van der Waals surface area contributed by atoms with Gasteiger partial charge in [-0.1, -0.05) is 0 Å². The van der Waals surface area contributed by atoms with Gasteiger partial charge < -0.3 is 15.5 Å². The van der Waals surface area contributed by atoms with Crippen LogP contribution in [-0.4, -0.2) is 42.7 Å². The Hall–Kier alpha value is -1.36. The Kier molecular flexibility index (Phi) is 3.56. The van der Waals surface area contributed by atoms with Gasteiger partial charge in [0.05, 0.1) is 0 Å². The van der Waals surface area contributed by atoms with Gasteiger partial charge in [0.25, 0.3) is 0 Å². The van der Waals surface area contributed by atoms with Gasteiger partial charge in [-0.25, -0.2) is 9.97 Å². The van der Waals surface area contributed by atoms with E-state index < -0.39 is 0 Å². The minimum absolute atomic E-state index is 0.546. The molecule has 1 aromatic rings. The molecule has 1 unspecified atom stereocenters. The standard InChI is InChI=1S/C11H19N5/c1-3-13-10-6-11(15-8-14-10)16(2)9-4-5-12-7-9/h6,8-9,12H,3-5,7H2,1-2H3,(H,13,14,15). The second-order valence-corrected chi connectivity index (χ2v) is 4.05. The van der Waals surface area contributed by atoms with E-state index in [1.165, 1.54) is 6.42 Å². The van der Waals surface area contributed by atoms with E-state index >= 15 is 0 Å². The van der Waals surface area contributed by atoms with Gasteiger partial charge in [0.1, 0.15) is 18.0 Å². The average Bonchev–Trinajstić information content (AvgIpc) is 2.82. The van der Waals surface area contributed by atoms with Gasteiger partial charge in [-0.05, 0) is 19.9 Å². The lowest BCUT2D eigenvalue weighted by Gasteiger charge is -2.24. The van der Waals surface area contributed by atoms with Crippen LogP contribution in [0.4, 0.5) is 11.6 Å². The molecule has 88 valence electrons. The molecule has 1 aliphatic rings. The van der Waals surface area contributed by atoms with Crippen molar-refractivity contribution in [3.8, 4) is 0 Å². The number of hydrogen-bond acceptors (Lipinski definition) is 5. The molecule has 1 saturated heterocycles. The summed E-state index contributed by atoms with van der Waals surface area (Å²) in [5.74, 6) is 1.88. The van der Waals surface area contributed by atoms with Crippen molar-refractivity contribution in [1.29, 1.82) is 0 Å². The van der Waals surface area contributed by atoms with E-state index in [1.54, 1.807) is 6.33 Å². The number of aromatic nitrogens is 2. The maximum Gasteiger partial charge on any atom is 0.134 e. The quantitative estimate of drug-likeness (QED) is 0.784. The molecule has 0 amide bonds. The van der Waals surface area contributed by atoms with E-state index in [4.69, 9.17) is 0 Å². The van der Waals surface area contributed by atoms with Crippen LogP contribution in [0.1, 0.15) is 13.3 Å². The first-order valence-electron chi connectivity index (χ1n) is 5.80. The van der Waals surface area contributed by atoms with Crippen LogP contribution in [-0.2, 0) is 0 Å². The molecule has 0 saturated carbocycles. The SMILES string of the molecule is CCNc1cc(N(C)C2CCNC2)ncn1. The predicted octanol–water partition coefficient (Wildman–Crippen LogP) is 0.706. The lowest BCUT2D eigenvalue weighted by atomic mass is 10.2. The highest BCUT2D eigenvalue weighted by Gasteiger charge is 2.20. The normalized spacial score (nSPS) is 19.8. The third-order valence-corrected chi connectivity index (χ3v) is 2.95. The van der Waals surface area contributed by atoms with Crippen LogP contribution in [0.3, 0.4) is 0 Å². The van der Waals surface area contributed by atoms with Crippen LogP contribution in [0.15, 0.2) is 12.4 Å².